The first-order valence-electron chi connectivity index (χ1n) is 7.78. The van der Waals surface area contributed by atoms with Crippen LogP contribution in [0.15, 0.2) is 12.1 Å². The molecule has 1 unspecified atom stereocenters. The lowest BCUT2D eigenvalue weighted by molar-refractivity contribution is 0.0931. The number of rotatable bonds is 6. The molecule has 1 amide bonds. The number of hydrogen-bond acceptors (Lipinski definition) is 3. The van der Waals surface area contributed by atoms with Gasteiger partial charge in [0.2, 0.25) is 0 Å². The van der Waals surface area contributed by atoms with E-state index in [-0.39, 0.29) is 11.9 Å². The second-order valence-electron chi connectivity index (χ2n) is 5.80. The molecule has 0 aliphatic carbocycles. The maximum Gasteiger partial charge on any atom is 0.251 e. The Balaban J connectivity index is 1.95. The quantitative estimate of drug-likeness (QED) is 0.822. The van der Waals surface area contributed by atoms with E-state index in [2.05, 4.69) is 22.1 Å². The zero-order valence-corrected chi connectivity index (χ0v) is 13.6. The third-order valence-electron chi connectivity index (χ3n) is 3.72. The molecule has 4 nitrogen and oxygen atoms in total. The standard InChI is InChI=1S/C16H24ClN3O/c1-3-6-14-9-13(10-15(17)19-14)16(21)18-12(2)11-20-7-4-5-8-20/h9-10,12H,3-8,11H2,1-2H3,(H,18,21). The van der Waals surface area contributed by atoms with Crippen molar-refractivity contribution in [3.63, 3.8) is 0 Å². The molecule has 1 atom stereocenters. The van der Waals surface area contributed by atoms with E-state index in [4.69, 9.17) is 11.6 Å². The molecule has 1 saturated heterocycles. The van der Waals surface area contributed by atoms with E-state index in [0.717, 1.165) is 38.2 Å². The van der Waals surface area contributed by atoms with Gasteiger partial charge in [0.25, 0.3) is 5.91 Å². The Kier molecular flexibility index (Phi) is 6.00. The first-order valence-corrected chi connectivity index (χ1v) is 8.16. The van der Waals surface area contributed by atoms with E-state index in [9.17, 15) is 4.79 Å². The first kappa shape index (κ1) is 16.2. The number of nitrogens with one attached hydrogen (secondary N) is 1. The van der Waals surface area contributed by atoms with Gasteiger partial charge in [-0.25, -0.2) is 4.98 Å². The van der Waals surface area contributed by atoms with Gasteiger partial charge in [-0.1, -0.05) is 24.9 Å². The largest absolute Gasteiger partial charge is 0.348 e. The summed E-state index contributed by atoms with van der Waals surface area (Å²) in [6.07, 6.45) is 4.35. The number of nitrogens with zero attached hydrogens (tertiary/aromatic N) is 2. The highest BCUT2D eigenvalue weighted by Crippen LogP contribution is 2.13. The second-order valence-corrected chi connectivity index (χ2v) is 6.19. The summed E-state index contributed by atoms with van der Waals surface area (Å²) < 4.78 is 0. The zero-order chi connectivity index (χ0) is 15.2. The van der Waals surface area contributed by atoms with Gasteiger partial charge >= 0.3 is 0 Å². The molecule has 2 rings (SSSR count). The molecule has 21 heavy (non-hydrogen) atoms. The number of carbonyl (C=O) groups excluding carboxylic acids is 1. The molecule has 0 bridgehead atoms. The Morgan fingerprint density at radius 3 is 2.81 bits per heavy atom. The Morgan fingerprint density at radius 2 is 2.14 bits per heavy atom. The van der Waals surface area contributed by atoms with Crippen molar-refractivity contribution in [2.24, 2.45) is 0 Å². The fraction of sp³-hybridized carbons (Fsp3) is 0.625. The molecule has 1 N–H and O–H groups in total. The number of hydrogen-bond donors (Lipinski definition) is 1. The van der Waals surface area contributed by atoms with Gasteiger partial charge in [-0.05, 0) is 51.4 Å². The van der Waals surface area contributed by atoms with E-state index >= 15 is 0 Å². The van der Waals surface area contributed by atoms with Crippen LogP contribution in [0.5, 0.6) is 0 Å². The molecule has 116 valence electrons. The summed E-state index contributed by atoms with van der Waals surface area (Å²) in [6.45, 7) is 7.32. The topological polar surface area (TPSA) is 45.2 Å². The van der Waals surface area contributed by atoms with Gasteiger partial charge in [-0.3, -0.25) is 4.79 Å². The van der Waals surface area contributed by atoms with Crippen LogP contribution in [-0.4, -0.2) is 41.5 Å². The van der Waals surface area contributed by atoms with Crippen molar-refractivity contribution in [2.45, 2.75) is 45.6 Å². The fourth-order valence-electron chi connectivity index (χ4n) is 2.77. The van der Waals surface area contributed by atoms with Gasteiger partial charge < -0.3 is 10.2 Å². The Labute approximate surface area is 131 Å². The van der Waals surface area contributed by atoms with Crippen LogP contribution in [0.4, 0.5) is 0 Å². The van der Waals surface area contributed by atoms with E-state index in [1.54, 1.807) is 6.07 Å². The molecule has 0 saturated carbocycles. The van der Waals surface area contributed by atoms with E-state index in [1.165, 1.54) is 12.8 Å². The highest BCUT2D eigenvalue weighted by molar-refractivity contribution is 6.29. The van der Waals surface area contributed by atoms with Gasteiger partial charge in [0.15, 0.2) is 0 Å². The van der Waals surface area contributed by atoms with Crippen molar-refractivity contribution < 1.29 is 4.79 Å². The van der Waals surface area contributed by atoms with E-state index in [0.29, 0.717) is 10.7 Å². The molecule has 0 radical (unpaired) electrons. The second kappa shape index (κ2) is 7.76. The summed E-state index contributed by atoms with van der Waals surface area (Å²) in [7, 11) is 0. The Hall–Kier alpha value is -1.13. The highest BCUT2D eigenvalue weighted by Gasteiger charge is 2.17. The van der Waals surface area contributed by atoms with Crippen LogP contribution in [0.1, 0.15) is 49.2 Å². The monoisotopic (exact) mass is 309 g/mol. The van der Waals surface area contributed by atoms with Gasteiger partial charge in [0, 0.05) is 23.8 Å². The van der Waals surface area contributed by atoms with Crippen molar-refractivity contribution in [3.05, 3.63) is 28.5 Å². The molecule has 1 aliphatic heterocycles. The SMILES string of the molecule is CCCc1cc(C(=O)NC(C)CN2CCCC2)cc(Cl)n1. The lowest BCUT2D eigenvalue weighted by Gasteiger charge is -2.21. The van der Waals surface area contributed by atoms with Crippen LogP contribution in [0.2, 0.25) is 5.15 Å². The van der Waals surface area contributed by atoms with Gasteiger partial charge in [-0.15, -0.1) is 0 Å². The van der Waals surface area contributed by atoms with Gasteiger partial charge in [0.1, 0.15) is 5.15 Å². The third-order valence-corrected chi connectivity index (χ3v) is 3.92. The molecule has 1 aromatic heterocycles. The molecule has 5 heteroatoms. The molecule has 1 aromatic rings. The Morgan fingerprint density at radius 1 is 1.43 bits per heavy atom. The van der Waals surface area contributed by atoms with Crippen LogP contribution in [-0.2, 0) is 6.42 Å². The lowest BCUT2D eigenvalue weighted by Crippen LogP contribution is -2.41. The average Bonchev–Trinajstić information content (AvgIpc) is 2.91. The predicted molar refractivity (Wildman–Crippen MR) is 85.8 cm³/mol. The molecule has 0 aromatic carbocycles. The summed E-state index contributed by atoms with van der Waals surface area (Å²) in [5, 5.41) is 3.44. The smallest absolute Gasteiger partial charge is 0.251 e. The maximum absolute atomic E-state index is 12.3. The number of halogens is 1. The van der Waals surface area contributed by atoms with Gasteiger partial charge in [0.05, 0.1) is 0 Å². The molecular formula is C16H24ClN3O. The maximum atomic E-state index is 12.3. The van der Waals surface area contributed by atoms with Crippen LogP contribution < -0.4 is 5.32 Å². The van der Waals surface area contributed by atoms with Crippen LogP contribution in [0.25, 0.3) is 0 Å². The summed E-state index contributed by atoms with van der Waals surface area (Å²) in [5.41, 5.74) is 1.48. The Bertz CT molecular complexity index is 486. The zero-order valence-electron chi connectivity index (χ0n) is 12.9. The van der Waals surface area contributed by atoms with Crippen LogP contribution >= 0.6 is 11.6 Å². The van der Waals surface area contributed by atoms with E-state index in [1.807, 2.05) is 13.0 Å². The van der Waals surface area contributed by atoms with Gasteiger partial charge in [-0.2, -0.15) is 0 Å². The molecule has 1 aliphatic rings. The average molecular weight is 310 g/mol. The number of pyridine rings is 1. The normalized spacial score (nSPS) is 16.9. The lowest BCUT2D eigenvalue weighted by atomic mass is 10.1. The van der Waals surface area contributed by atoms with Crippen molar-refractivity contribution >= 4 is 17.5 Å². The summed E-state index contributed by atoms with van der Waals surface area (Å²) in [4.78, 5) is 19.0. The number of amides is 1. The first-order chi connectivity index (χ1) is 10.1. The number of carbonyl (C=O) groups is 1. The number of likely N-dealkylation sites (tertiary alicyclic amines) is 1. The number of aromatic nitrogens is 1. The predicted octanol–water partition coefficient (Wildman–Crippen LogP) is 2.90. The summed E-state index contributed by atoms with van der Waals surface area (Å²) in [6, 6.07) is 3.61. The minimum Gasteiger partial charge on any atom is -0.348 e. The summed E-state index contributed by atoms with van der Waals surface area (Å²) in [5.74, 6) is -0.0663. The van der Waals surface area contributed by atoms with Crippen LogP contribution in [0, 0.1) is 0 Å². The summed E-state index contributed by atoms with van der Waals surface area (Å²) >= 11 is 6.00. The minimum absolute atomic E-state index is 0.0663. The van der Waals surface area contributed by atoms with Crippen molar-refractivity contribution in [1.82, 2.24) is 15.2 Å². The van der Waals surface area contributed by atoms with Crippen molar-refractivity contribution in [1.29, 1.82) is 0 Å². The van der Waals surface area contributed by atoms with Crippen molar-refractivity contribution in [2.75, 3.05) is 19.6 Å². The molecule has 2 heterocycles. The third kappa shape index (κ3) is 4.97. The molecular weight excluding hydrogens is 286 g/mol. The highest BCUT2D eigenvalue weighted by atomic mass is 35.5. The molecule has 0 spiro atoms. The van der Waals surface area contributed by atoms with E-state index < -0.39 is 0 Å². The van der Waals surface area contributed by atoms with Crippen molar-refractivity contribution in [3.8, 4) is 0 Å². The molecule has 1 fully saturated rings. The fourth-order valence-corrected chi connectivity index (χ4v) is 3.00. The van der Waals surface area contributed by atoms with Crippen LogP contribution in [0.3, 0.4) is 0 Å². The minimum atomic E-state index is -0.0663. The number of aryl methyl sites for hydroxylation is 1.